The molecule has 0 spiro atoms. The second kappa shape index (κ2) is 5.22. The fourth-order valence-corrected chi connectivity index (χ4v) is 1.68. The van der Waals surface area contributed by atoms with E-state index in [4.69, 9.17) is 10.5 Å². The van der Waals surface area contributed by atoms with Crippen molar-refractivity contribution < 1.29 is 9.53 Å². The summed E-state index contributed by atoms with van der Waals surface area (Å²) in [6.07, 6.45) is 4.76. The standard InChI is InChI=1S/C10H19NO2/c1-2-13-10(12)9(7-11)6-8-4-3-5-8/h8-9H,2-7,11H2,1H3. The molecule has 2 N–H and O–H groups in total. The lowest BCUT2D eigenvalue weighted by molar-refractivity contribution is -0.148. The van der Waals surface area contributed by atoms with Crippen LogP contribution in [0.4, 0.5) is 0 Å². The van der Waals surface area contributed by atoms with Crippen LogP contribution in [0.3, 0.4) is 0 Å². The normalized spacial score (nSPS) is 19.2. The molecular formula is C10H19NO2. The summed E-state index contributed by atoms with van der Waals surface area (Å²) in [6.45, 7) is 2.71. The van der Waals surface area contributed by atoms with Crippen molar-refractivity contribution in [2.45, 2.75) is 32.6 Å². The molecule has 0 aromatic carbocycles. The Bertz CT molecular complexity index is 166. The lowest BCUT2D eigenvalue weighted by atomic mass is 9.79. The Balaban J connectivity index is 2.27. The van der Waals surface area contributed by atoms with E-state index in [9.17, 15) is 4.79 Å². The Morgan fingerprint density at radius 2 is 2.31 bits per heavy atom. The first-order valence-electron chi connectivity index (χ1n) is 5.14. The van der Waals surface area contributed by atoms with Crippen molar-refractivity contribution in [3.63, 3.8) is 0 Å². The van der Waals surface area contributed by atoms with Crippen LogP contribution in [-0.2, 0) is 9.53 Å². The quantitative estimate of drug-likeness (QED) is 0.657. The third kappa shape index (κ3) is 2.99. The van der Waals surface area contributed by atoms with Crippen molar-refractivity contribution in [1.29, 1.82) is 0 Å². The van der Waals surface area contributed by atoms with Gasteiger partial charge in [0.15, 0.2) is 0 Å². The number of carbonyl (C=O) groups is 1. The van der Waals surface area contributed by atoms with Crippen LogP contribution >= 0.6 is 0 Å². The maximum atomic E-state index is 11.3. The Hall–Kier alpha value is -0.570. The molecule has 3 nitrogen and oxygen atoms in total. The third-order valence-corrected chi connectivity index (χ3v) is 2.75. The van der Waals surface area contributed by atoms with Gasteiger partial charge in [0.1, 0.15) is 0 Å². The fraction of sp³-hybridized carbons (Fsp3) is 0.900. The van der Waals surface area contributed by atoms with Crippen molar-refractivity contribution in [2.24, 2.45) is 17.6 Å². The maximum absolute atomic E-state index is 11.3. The van der Waals surface area contributed by atoms with Crippen LogP contribution in [0.15, 0.2) is 0 Å². The van der Waals surface area contributed by atoms with Gasteiger partial charge in [0.05, 0.1) is 12.5 Å². The molecule has 0 aromatic heterocycles. The van der Waals surface area contributed by atoms with Crippen LogP contribution in [-0.4, -0.2) is 19.1 Å². The molecule has 3 heteroatoms. The van der Waals surface area contributed by atoms with Gasteiger partial charge in [-0.05, 0) is 19.3 Å². The van der Waals surface area contributed by atoms with E-state index in [0.717, 1.165) is 12.3 Å². The van der Waals surface area contributed by atoms with Crippen LogP contribution in [0.2, 0.25) is 0 Å². The summed E-state index contributed by atoms with van der Waals surface area (Å²) >= 11 is 0. The largest absolute Gasteiger partial charge is 0.466 e. The summed E-state index contributed by atoms with van der Waals surface area (Å²) in [5.74, 6) is 0.542. The van der Waals surface area contributed by atoms with Gasteiger partial charge in [-0.1, -0.05) is 19.3 Å². The summed E-state index contributed by atoms with van der Waals surface area (Å²) in [4.78, 5) is 11.3. The van der Waals surface area contributed by atoms with Crippen LogP contribution in [0, 0.1) is 11.8 Å². The highest BCUT2D eigenvalue weighted by atomic mass is 16.5. The van der Waals surface area contributed by atoms with E-state index in [2.05, 4.69) is 0 Å². The smallest absolute Gasteiger partial charge is 0.310 e. The first-order chi connectivity index (χ1) is 6.27. The van der Waals surface area contributed by atoms with Crippen molar-refractivity contribution in [3.8, 4) is 0 Å². The van der Waals surface area contributed by atoms with Gasteiger partial charge in [0, 0.05) is 6.54 Å². The van der Waals surface area contributed by atoms with Crippen molar-refractivity contribution >= 4 is 5.97 Å². The zero-order valence-corrected chi connectivity index (χ0v) is 8.29. The Morgan fingerprint density at radius 1 is 1.62 bits per heavy atom. The number of ether oxygens (including phenoxy) is 1. The molecule has 0 saturated heterocycles. The minimum atomic E-state index is -0.114. The summed E-state index contributed by atoms with van der Waals surface area (Å²) in [5.41, 5.74) is 5.53. The minimum Gasteiger partial charge on any atom is -0.466 e. The molecule has 13 heavy (non-hydrogen) atoms. The van der Waals surface area contributed by atoms with Crippen LogP contribution in [0.1, 0.15) is 32.6 Å². The minimum absolute atomic E-state index is 0.0646. The van der Waals surface area contributed by atoms with Crippen molar-refractivity contribution in [2.75, 3.05) is 13.2 Å². The molecule has 0 aromatic rings. The molecular weight excluding hydrogens is 166 g/mol. The number of rotatable bonds is 5. The summed E-state index contributed by atoms with van der Waals surface area (Å²) in [5, 5.41) is 0. The fourth-order valence-electron chi connectivity index (χ4n) is 1.68. The highest BCUT2D eigenvalue weighted by Gasteiger charge is 2.26. The average Bonchev–Trinajstić information content (AvgIpc) is 2.03. The number of nitrogens with two attached hydrogens (primary N) is 1. The molecule has 1 aliphatic rings. The van der Waals surface area contributed by atoms with Crippen LogP contribution < -0.4 is 5.73 Å². The van der Waals surface area contributed by atoms with E-state index in [1.807, 2.05) is 6.92 Å². The maximum Gasteiger partial charge on any atom is 0.310 e. The second-order valence-electron chi connectivity index (χ2n) is 3.72. The molecule has 0 bridgehead atoms. The Morgan fingerprint density at radius 3 is 2.69 bits per heavy atom. The Labute approximate surface area is 79.6 Å². The van der Waals surface area contributed by atoms with Crippen LogP contribution in [0.5, 0.6) is 0 Å². The second-order valence-corrected chi connectivity index (χ2v) is 3.72. The van der Waals surface area contributed by atoms with Crippen molar-refractivity contribution in [1.82, 2.24) is 0 Å². The predicted molar refractivity (Wildman–Crippen MR) is 51.1 cm³/mol. The SMILES string of the molecule is CCOC(=O)C(CN)CC1CCC1. The van der Waals surface area contributed by atoms with Gasteiger partial charge < -0.3 is 10.5 Å². The third-order valence-electron chi connectivity index (χ3n) is 2.75. The monoisotopic (exact) mass is 185 g/mol. The molecule has 0 amide bonds. The van der Waals surface area contributed by atoms with E-state index < -0.39 is 0 Å². The molecule has 0 aliphatic heterocycles. The first kappa shape index (κ1) is 10.5. The number of esters is 1. The first-order valence-corrected chi connectivity index (χ1v) is 5.14. The number of hydrogen-bond donors (Lipinski definition) is 1. The van der Waals surface area contributed by atoms with E-state index in [0.29, 0.717) is 13.2 Å². The zero-order chi connectivity index (χ0) is 9.68. The molecule has 1 aliphatic carbocycles. The van der Waals surface area contributed by atoms with Gasteiger partial charge >= 0.3 is 5.97 Å². The molecule has 1 fully saturated rings. The number of hydrogen-bond acceptors (Lipinski definition) is 3. The average molecular weight is 185 g/mol. The van der Waals surface area contributed by atoms with E-state index >= 15 is 0 Å². The zero-order valence-electron chi connectivity index (χ0n) is 8.29. The highest BCUT2D eigenvalue weighted by molar-refractivity contribution is 5.72. The summed E-state index contributed by atoms with van der Waals surface area (Å²) in [7, 11) is 0. The van der Waals surface area contributed by atoms with Crippen LogP contribution in [0.25, 0.3) is 0 Å². The molecule has 0 heterocycles. The van der Waals surface area contributed by atoms with Gasteiger partial charge in [-0.25, -0.2) is 0 Å². The molecule has 1 rings (SSSR count). The van der Waals surface area contributed by atoms with Gasteiger partial charge in [-0.2, -0.15) is 0 Å². The number of carbonyl (C=O) groups excluding carboxylic acids is 1. The topological polar surface area (TPSA) is 52.3 Å². The lowest BCUT2D eigenvalue weighted by Gasteiger charge is -2.28. The van der Waals surface area contributed by atoms with Crippen molar-refractivity contribution in [3.05, 3.63) is 0 Å². The lowest BCUT2D eigenvalue weighted by Crippen LogP contribution is -2.29. The highest BCUT2D eigenvalue weighted by Crippen LogP contribution is 2.32. The molecule has 76 valence electrons. The van der Waals surface area contributed by atoms with E-state index in [-0.39, 0.29) is 11.9 Å². The molecule has 1 atom stereocenters. The Kier molecular flexibility index (Phi) is 4.22. The molecule has 0 radical (unpaired) electrons. The molecule has 1 unspecified atom stereocenters. The summed E-state index contributed by atoms with van der Waals surface area (Å²) in [6, 6.07) is 0. The van der Waals surface area contributed by atoms with Gasteiger partial charge in [-0.3, -0.25) is 4.79 Å². The predicted octanol–water partition coefficient (Wildman–Crippen LogP) is 1.31. The van der Waals surface area contributed by atoms with E-state index in [1.165, 1.54) is 19.3 Å². The summed E-state index contributed by atoms with van der Waals surface area (Å²) < 4.78 is 4.95. The van der Waals surface area contributed by atoms with Gasteiger partial charge in [0.2, 0.25) is 0 Å². The van der Waals surface area contributed by atoms with E-state index in [1.54, 1.807) is 0 Å². The molecule has 1 saturated carbocycles. The van der Waals surface area contributed by atoms with Gasteiger partial charge in [-0.15, -0.1) is 0 Å². The van der Waals surface area contributed by atoms with Gasteiger partial charge in [0.25, 0.3) is 0 Å².